The number of nitrogens with zero attached hydrogens (tertiary/aromatic N) is 5. The highest BCUT2D eigenvalue weighted by Crippen LogP contribution is 2.16. The molecule has 2 aromatic heterocycles. The third kappa shape index (κ3) is 3.93. The molecule has 1 atom stereocenters. The summed E-state index contributed by atoms with van der Waals surface area (Å²) < 4.78 is 3.49. The smallest absolute Gasteiger partial charge is 0.272 e. The Morgan fingerprint density at radius 1 is 1.16 bits per heavy atom. The van der Waals surface area contributed by atoms with Crippen LogP contribution in [0.15, 0.2) is 36.9 Å². The van der Waals surface area contributed by atoms with E-state index in [4.69, 9.17) is 0 Å². The van der Waals surface area contributed by atoms with E-state index in [2.05, 4.69) is 52.5 Å². The number of carbonyl (C=O) groups is 1. The number of hydrogen-bond acceptors (Lipinski definition) is 4. The highest BCUT2D eigenvalue weighted by molar-refractivity contribution is 5.92. The van der Waals surface area contributed by atoms with Crippen LogP contribution in [0.4, 0.5) is 0 Å². The standard InChI is InChI=1S/C18H22N6O/c1-12-5-13(2)7-16(6-12)24-15(4)8-17(22-24)18(25)21-14(3)9-23-11-19-10-20-23/h5-8,10-11,14H,9H2,1-4H3,(H,21,25)/t14-/m0/s1. The van der Waals surface area contributed by atoms with Gasteiger partial charge in [-0.2, -0.15) is 10.2 Å². The number of aryl methyl sites for hydroxylation is 3. The summed E-state index contributed by atoms with van der Waals surface area (Å²) in [5.41, 5.74) is 4.61. The Kier molecular flexibility index (Phi) is 4.65. The van der Waals surface area contributed by atoms with Gasteiger partial charge in [0.25, 0.3) is 5.91 Å². The van der Waals surface area contributed by atoms with Crippen molar-refractivity contribution in [1.29, 1.82) is 0 Å². The Balaban J connectivity index is 1.76. The molecule has 7 nitrogen and oxygen atoms in total. The molecule has 0 saturated carbocycles. The predicted molar refractivity (Wildman–Crippen MR) is 94.7 cm³/mol. The molecule has 2 heterocycles. The maximum absolute atomic E-state index is 12.5. The lowest BCUT2D eigenvalue weighted by atomic mass is 10.1. The number of aromatic nitrogens is 5. The molecule has 1 N–H and O–H groups in total. The highest BCUT2D eigenvalue weighted by atomic mass is 16.2. The Hall–Kier alpha value is -2.96. The molecule has 3 rings (SSSR count). The second-order valence-corrected chi connectivity index (χ2v) is 6.42. The number of benzene rings is 1. The number of carbonyl (C=O) groups excluding carboxylic acids is 1. The Labute approximate surface area is 146 Å². The van der Waals surface area contributed by atoms with E-state index in [0.29, 0.717) is 12.2 Å². The molecule has 0 aliphatic rings. The lowest BCUT2D eigenvalue weighted by Crippen LogP contribution is -2.36. The first-order valence-corrected chi connectivity index (χ1v) is 8.21. The van der Waals surface area contributed by atoms with E-state index in [1.54, 1.807) is 21.8 Å². The fourth-order valence-corrected chi connectivity index (χ4v) is 2.87. The molecule has 130 valence electrons. The van der Waals surface area contributed by atoms with E-state index in [0.717, 1.165) is 22.5 Å². The maximum atomic E-state index is 12.5. The van der Waals surface area contributed by atoms with Crippen molar-refractivity contribution < 1.29 is 4.79 Å². The van der Waals surface area contributed by atoms with Gasteiger partial charge in [0, 0.05) is 11.7 Å². The molecule has 1 amide bonds. The SMILES string of the molecule is Cc1cc(C)cc(-n2nc(C(=O)N[C@@H](C)Cn3cncn3)cc2C)c1. The van der Waals surface area contributed by atoms with Gasteiger partial charge in [0.1, 0.15) is 12.7 Å². The predicted octanol–water partition coefficient (Wildman–Crippen LogP) is 2.21. The fourth-order valence-electron chi connectivity index (χ4n) is 2.87. The van der Waals surface area contributed by atoms with Crippen molar-refractivity contribution in [2.45, 2.75) is 40.3 Å². The lowest BCUT2D eigenvalue weighted by Gasteiger charge is -2.12. The van der Waals surface area contributed by atoms with Gasteiger partial charge in [0.2, 0.25) is 0 Å². The fraction of sp³-hybridized carbons (Fsp3) is 0.333. The molecule has 25 heavy (non-hydrogen) atoms. The van der Waals surface area contributed by atoms with Crippen LogP contribution in [-0.4, -0.2) is 36.5 Å². The van der Waals surface area contributed by atoms with Crippen molar-refractivity contribution in [2.24, 2.45) is 0 Å². The van der Waals surface area contributed by atoms with Crippen molar-refractivity contribution >= 4 is 5.91 Å². The molecule has 0 saturated heterocycles. The third-order valence-electron chi connectivity index (χ3n) is 3.88. The van der Waals surface area contributed by atoms with Gasteiger partial charge in [-0.25, -0.2) is 9.67 Å². The number of hydrogen-bond donors (Lipinski definition) is 1. The second-order valence-electron chi connectivity index (χ2n) is 6.42. The van der Waals surface area contributed by atoms with Gasteiger partial charge in [0.05, 0.1) is 12.2 Å². The van der Waals surface area contributed by atoms with Crippen molar-refractivity contribution in [3.63, 3.8) is 0 Å². The summed E-state index contributed by atoms with van der Waals surface area (Å²) in [6.45, 7) is 8.53. The van der Waals surface area contributed by atoms with Crippen LogP contribution < -0.4 is 5.32 Å². The van der Waals surface area contributed by atoms with Crippen molar-refractivity contribution in [3.8, 4) is 5.69 Å². The molecule has 0 bridgehead atoms. The van der Waals surface area contributed by atoms with E-state index in [1.807, 2.05) is 13.8 Å². The minimum Gasteiger partial charge on any atom is -0.346 e. The molecular weight excluding hydrogens is 316 g/mol. The molecule has 0 spiro atoms. The normalized spacial score (nSPS) is 12.2. The molecule has 1 aromatic carbocycles. The maximum Gasteiger partial charge on any atom is 0.272 e. The van der Waals surface area contributed by atoms with Gasteiger partial charge < -0.3 is 5.32 Å². The van der Waals surface area contributed by atoms with Gasteiger partial charge in [-0.05, 0) is 57.0 Å². The zero-order chi connectivity index (χ0) is 18.0. The average molecular weight is 338 g/mol. The molecule has 0 aliphatic heterocycles. The zero-order valence-corrected chi connectivity index (χ0v) is 14.9. The number of nitrogens with one attached hydrogen (secondary N) is 1. The summed E-state index contributed by atoms with van der Waals surface area (Å²) in [6.07, 6.45) is 3.10. The van der Waals surface area contributed by atoms with Crippen molar-refractivity contribution in [2.75, 3.05) is 0 Å². The van der Waals surface area contributed by atoms with E-state index in [1.165, 1.54) is 6.33 Å². The molecule has 0 fully saturated rings. The third-order valence-corrected chi connectivity index (χ3v) is 3.88. The second kappa shape index (κ2) is 6.88. The molecule has 7 heteroatoms. The van der Waals surface area contributed by atoms with E-state index in [-0.39, 0.29) is 11.9 Å². The molecule has 0 radical (unpaired) electrons. The average Bonchev–Trinajstić information content (AvgIpc) is 3.15. The van der Waals surface area contributed by atoms with Crippen LogP contribution in [0.1, 0.15) is 34.2 Å². The lowest BCUT2D eigenvalue weighted by molar-refractivity contribution is 0.0930. The summed E-state index contributed by atoms with van der Waals surface area (Å²) in [4.78, 5) is 16.4. The Morgan fingerprint density at radius 2 is 1.88 bits per heavy atom. The quantitative estimate of drug-likeness (QED) is 0.774. The number of rotatable bonds is 5. The minimum absolute atomic E-state index is 0.0825. The first-order chi connectivity index (χ1) is 11.9. The summed E-state index contributed by atoms with van der Waals surface area (Å²) in [5.74, 6) is -0.196. The van der Waals surface area contributed by atoms with Crippen molar-refractivity contribution in [3.05, 3.63) is 59.4 Å². The van der Waals surface area contributed by atoms with Gasteiger partial charge >= 0.3 is 0 Å². The molecule has 3 aromatic rings. The first kappa shape index (κ1) is 16.9. The zero-order valence-electron chi connectivity index (χ0n) is 14.9. The summed E-state index contributed by atoms with van der Waals surface area (Å²) >= 11 is 0. The molecule has 0 aliphatic carbocycles. The topological polar surface area (TPSA) is 77.6 Å². The minimum atomic E-state index is -0.196. The van der Waals surface area contributed by atoms with Crippen LogP contribution >= 0.6 is 0 Å². The van der Waals surface area contributed by atoms with Crippen molar-refractivity contribution in [1.82, 2.24) is 29.9 Å². The van der Waals surface area contributed by atoms with Gasteiger partial charge in [0.15, 0.2) is 5.69 Å². The molecule has 0 unspecified atom stereocenters. The van der Waals surface area contributed by atoms with Crippen LogP contribution in [0.5, 0.6) is 0 Å². The van der Waals surface area contributed by atoms with E-state index < -0.39 is 0 Å². The Morgan fingerprint density at radius 3 is 2.52 bits per heavy atom. The monoisotopic (exact) mass is 338 g/mol. The summed E-state index contributed by atoms with van der Waals surface area (Å²) in [7, 11) is 0. The van der Waals surface area contributed by atoms with Crippen LogP contribution in [0.2, 0.25) is 0 Å². The molecular formula is C18H22N6O. The summed E-state index contributed by atoms with van der Waals surface area (Å²) in [6, 6.07) is 7.95. The van der Waals surface area contributed by atoms with E-state index in [9.17, 15) is 4.79 Å². The summed E-state index contributed by atoms with van der Waals surface area (Å²) in [5, 5.41) is 11.5. The van der Waals surface area contributed by atoms with Crippen LogP contribution in [0, 0.1) is 20.8 Å². The highest BCUT2D eigenvalue weighted by Gasteiger charge is 2.16. The Bertz CT molecular complexity index is 861. The van der Waals surface area contributed by atoms with Crippen LogP contribution in [0.3, 0.4) is 0 Å². The largest absolute Gasteiger partial charge is 0.346 e. The van der Waals surface area contributed by atoms with Crippen LogP contribution in [0.25, 0.3) is 5.69 Å². The first-order valence-electron chi connectivity index (χ1n) is 8.21. The van der Waals surface area contributed by atoms with E-state index >= 15 is 0 Å². The van der Waals surface area contributed by atoms with Crippen LogP contribution in [-0.2, 0) is 6.54 Å². The van der Waals surface area contributed by atoms with Gasteiger partial charge in [-0.1, -0.05) is 6.07 Å². The van der Waals surface area contributed by atoms with Gasteiger partial charge in [-0.15, -0.1) is 0 Å². The van der Waals surface area contributed by atoms with Gasteiger partial charge in [-0.3, -0.25) is 9.48 Å². The number of amides is 1.